The van der Waals surface area contributed by atoms with Gasteiger partial charge in [0.2, 0.25) is 11.9 Å². The molecule has 138 valence electrons. The number of fused-ring (bicyclic) bond motifs is 3. The van der Waals surface area contributed by atoms with Crippen LogP contribution in [0.15, 0.2) is 41.3 Å². The Balaban J connectivity index is 1.48. The van der Waals surface area contributed by atoms with E-state index in [9.17, 15) is 9.59 Å². The Labute approximate surface area is 156 Å². The molecule has 0 atom stereocenters. The zero-order chi connectivity index (χ0) is 18.8. The Morgan fingerprint density at radius 3 is 2.59 bits per heavy atom. The van der Waals surface area contributed by atoms with Gasteiger partial charge in [0.05, 0.1) is 10.8 Å². The van der Waals surface area contributed by atoms with Gasteiger partial charge in [0.1, 0.15) is 5.65 Å². The summed E-state index contributed by atoms with van der Waals surface area (Å²) in [6, 6.07) is 9.83. The van der Waals surface area contributed by atoms with Gasteiger partial charge in [0.25, 0.3) is 5.56 Å². The number of hydrogen-bond donors (Lipinski definition) is 1. The first-order valence-corrected chi connectivity index (χ1v) is 9.19. The highest BCUT2D eigenvalue weighted by Crippen LogP contribution is 2.47. The first-order valence-electron chi connectivity index (χ1n) is 9.19. The summed E-state index contributed by atoms with van der Waals surface area (Å²) < 4.78 is 1.85. The van der Waals surface area contributed by atoms with Crippen LogP contribution in [0.1, 0.15) is 18.4 Å². The molecule has 0 unspecified atom stereocenters. The quantitative estimate of drug-likeness (QED) is 0.715. The minimum Gasteiger partial charge on any atom is -0.342 e. The number of rotatable bonds is 1. The van der Waals surface area contributed by atoms with Crippen molar-refractivity contribution in [3.63, 3.8) is 0 Å². The molecule has 2 aromatic heterocycles. The highest BCUT2D eigenvalue weighted by Gasteiger charge is 2.51. The predicted molar refractivity (Wildman–Crippen MR) is 104 cm³/mol. The minimum absolute atomic E-state index is 0.127. The number of anilines is 2. The second-order valence-electron chi connectivity index (χ2n) is 7.50. The smallest absolute Gasteiger partial charge is 0.261 e. The molecular formula is C20H21N5O2. The van der Waals surface area contributed by atoms with Crippen LogP contribution >= 0.6 is 0 Å². The largest absolute Gasteiger partial charge is 0.342 e. The molecule has 7 nitrogen and oxygen atoms in total. The van der Waals surface area contributed by atoms with Gasteiger partial charge in [-0.2, -0.15) is 4.98 Å². The summed E-state index contributed by atoms with van der Waals surface area (Å²) in [6.07, 6.45) is 3.26. The fourth-order valence-corrected chi connectivity index (χ4v) is 4.58. The number of aromatic amines is 1. The molecule has 1 spiro atoms. The number of para-hydroxylation sites is 1. The van der Waals surface area contributed by atoms with E-state index < -0.39 is 5.41 Å². The summed E-state index contributed by atoms with van der Waals surface area (Å²) in [6.45, 7) is 1.35. The van der Waals surface area contributed by atoms with E-state index in [1.165, 1.54) is 0 Å². The van der Waals surface area contributed by atoms with Crippen LogP contribution in [0.4, 0.5) is 11.6 Å². The van der Waals surface area contributed by atoms with Gasteiger partial charge in [0.15, 0.2) is 0 Å². The summed E-state index contributed by atoms with van der Waals surface area (Å²) >= 11 is 0. The third-order valence-electron chi connectivity index (χ3n) is 6.13. The van der Waals surface area contributed by atoms with Crippen LogP contribution in [0.5, 0.6) is 0 Å². The van der Waals surface area contributed by atoms with Crippen LogP contribution in [0.25, 0.3) is 11.0 Å². The van der Waals surface area contributed by atoms with E-state index in [1.54, 1.807) is 11.0 Å². The molecule has 1 aromatic carbocycles. The number of benzene rings is 1. The van der Waals surface area contributed by atoms with Gasteiger partial charge in [-0.3, -0.25) is 14.6 Å². The van der Waals surface area contributed by atoms with Crippen molar-refractivity contribution in [3.8, 4) is 0 Å². The molecule has 0 radical (unpaired) electrons. The van der Waals surface area contributed by atoms with E-state index in [4.69, 9.17) is 0 Å². The molecule has 4 heterocycles. The molecular weight excluding hydrogens is 342 g/mol. The molecule has 1 saturated heterocycles. The number of carbonyl (C=O) groups excluding carboxylic acids is 1. The van der Waals surface area contributed by atoms with Gasteiger partial charge in [-0.05, 0) is 30.5 Å². The number of nitrogens with one attached hydrogen (secondary N) is 1. The van der Waals surface area contributed by atoms with Gasteiger partial charge >= 0.3 is 0 Å². The number of likely N-dealkylation sites (N-methyl/N-ethyl adjacent to an activating group) is 1. The van der Waals surface area contributed by atoms with Crippen molar-refractivity contribution in [3.05, 3.63) is 52.4 Å². The highest BCUT2D eigenvalue weighted by atomic mass is 16.2. The summed E-state index contributed by atoms with van der Waals surface area (Å²) in [5.41, 5.74) is 2.22. The van der Waals surface area contributed by atoms with Crippen LogP contribution in [-0.2, 0) is 17.3 Å². The second-order valence-corrected chi connectivity index (χ2v) is 7.50. The second kappa shape index (κ2) is 5.45. The lowest BCUT2D eigenvalue weighted by atomic mass is 9.73. The summed E-state index contributed by atoms with van der Waals surface area (Å²) in [5, 5.41) is 0.594. The minimum atomic E-state index is -0.461. The van der Waals surface area contributed by atoms with E-state index in [1.807, 2.05) is 43.1 Å². The van der Waals surface area contributed by atoms with E-state index >= 15 is 0 Å². The van der Waals surface area contributed by atoms with Crippen molar-refractivity contribution < 1.29 is 4.79 Å². The van der Waals surface area contributed by atoms with Crippen molar-refractivity contribution in [2.45, 2.75) is 18.3 Å². The molecule has 2 aliphatic rings. The maximum Gasteiger partial charge on any atom is 0.261 e. The zero-order valence-electron chi connectivity index (χ0n) is 15.4. The zero-order valence-corrected chi connectivity index (χ0v) is 15.4. The predicted octanol–water partition coefficient (Wildman–Crippen LogP) is 1.78. The molecule has 5 rings (SSSR count). The number of carbonyl (C=O) groups is 1. The molecule has 27 heavy (non-hydrogen) atoms. The molecule has 0 bridgehead atoms. The van der Waals surface area contributed by atoms with Gasteiger partial charge in [-0.25, -0.2) is 0 Å². The average molecular weight is 363 g/mol. The molecule has 1 fully saturated rings. The topological polar surface area (TPSA) is 74.2 Å². The molecule has 1 amide bonds. The van der Waals surface area contributed by atoms with E-state index in [2.05, 4.69) is 20.9 Å². The first-order chi connectivity index (χ1) is 13.0. The number of H-pyrrole nitrogens is 1. The van der Waals surface area contributed by atoms with Crippen molar-refractivity contribution in [2.24, 2.45) is 7.05 Å². The Morgan fingerprint density at radius 1 is 1.07 bits per heavy atom. The molecule has 7 heteroatoms. The Morgan fingerprint density at radius 2 is 1.81 bits per heavy atom. The van der Waals surface area contributed by atoms with E-state index in [0.717, 1.165) is 11.3 Å². The maximum absolute atomic E-state index is 13.1. The SMILES string of the molecule is CN1C(=O)C2(CCN(c3nc4c(ccn4C)c(=O)[nH]3)CC2)c2ccccc21. The Kier molecular flexibility index (Phi) is 3.25. The van der Waals surface area contributed by atoms with Gasteiger partial charge in [-0.1, -0.05) is 18.2 Å². The molecule has 0 aliphatic carbocycles. The Hall–Kier alpha value is -3.09. The van der Waals surface area contributed by atoms with Crippen LogP contribution in [0, 0.1) is 0 Å². The number of amides is 1. The van der Waals surface area contributed by atoms with E-state index in [0.29, 0.717) is 42.9 Å². The normalized spacial score (nSPS) is 18.5. The summed E-state index contributed by atoms with van der Waals surface area (Å²) in [4.78, 5) is 36.8. The Bertz CT molecular complexity index is 1120. The van der Waals surface area contributed by atoms with Crippen LogP contribution < -0.4 is 15.4 Å². The maximum atomic E-state index is 13.1. The number of aryl methyl sites for hydroxylation is 1. The van der Waals surface area contributed by atoms with Gasteiger partial charge < -0.3 is 14.4 Å². The lowest BCUT2D eigenvalue weighted by Gasteiger charge is -2.38. The standard InChI is InChI=1S/C20H21N5O2/c1-23-10-7-13-16(23)21-19(22-17(13)26)25-11-8-20(9-12-25)14-5-3-4-6-15(14)24(2)18(20)27/h3-7,10H,8-9,11-12H2,1-2H3,(H,21,22,26). The molecule has 3 aromatic rings. The summed E-state index contributed by atoms with van der Waals surface area (Å²) in [7, 11) is 3.73. The lowest BCUT2D eigenvalue weighted by Crippen LogP contribution is -2.48. The highest BCUT2D eigenvalue weighted by molar-refractivity contribution is 6.07. The van der Waals surface area contributed by atoms with Crippen molar-refractivity contribution in [1.82, 2.24) is 14.5 Å². The van der Waals surface area contributed by atoms with Crippen LogP contribution in [0.2, 0.25) is 0 Å². The molecule has 1 N–H and O–H groups in total. The van der Waals surface area contributed by atoms with E-state index in [-0.39, 0.29) is 11.5 Å². The van der Waals surface area contributed by atoms with Crippen LogP contribution in [0.3, 0.4) is 0 Å². The number of aromatic nitrogens is 3. The number of nitrogens with zero attached hydrogens (tertiary/aromatic N) is 4. The molecule has 2 aliphatic heterocycles. The molecule has 0 saturated carbocycles. The fraction of sp³-hybridized carbons (Fsp3) is 0.350. The van der Waals surface area contributed by atoms with Crippen molar-refractivity contribution in [2.75, 3.05) is 29.9 Å². The third-order valence-corrected chi connectivity index (χ3v) is 6.13. The number of piperidine rings is 1. The first kappa shape index (κ1) is 16.1. The van der Waals surface area contributed by atoms with Crippen LogP contribution in [-0.4, -0.2) is 40.6 Å². The average Bonchev–Trinajstić information content (AvgIpc) is 3.16. The lowest BCUT2D eigenvalue weighted by molar-refractivity contribution is -0.123. The fourth-order valence-electron chi connectivity index (χ4n) is 4.58. The number of hydrogen-bond acceptors (Lipinski definition) is 4. The van der Waals surface area contributed by atoms with Crippen molar-refractivity contribution in [1.29, 1.82) is 0 Å². The third kappa shape index (κ3) is 2.11. The van der Waals surface area contributed by atoms with Crippen molar-refractivity contribution >= 4 is 28.6 Å². The monoisotopic (exact) mass is 363 g/mol. The van der Waals surface area contributed by atoms with Gasteiger partial charge in [0, 0.05) is 39.1 Å². The van der Waals surface area contributed by atoms with Gasteiger partial charge in [-0.15, -0.1) is 0 Å². The summed E-state index contributed by atoms with van der Waals surface area (Å²) in [5.74, 6) is 0.749.